The van der Waals surface area contributed by atoms with Gasteiger partial charge in [0.1, 0.15) is 12.4 Å². The van der Waals surface area contributed by atoms with Crippen molar-refractivity contribution in [3.05, 3.63) is 71.0 Å². The Morgan fingerprint density at radius 1 is 1.10 bits per heavy atom. The number of carbonyl (C=O) groups excluding carboxylic acids is 2. The molecule has 6 heteroatoms. The summed E-state index contributed by atoms with van der Waals surface area (Å²) in [5, 5.41) is 0. The van der Waals surface area contributed by atoms with Crippen molar-refractivity contribution in [1.82, 2.24) is 9.80 Å². The second-order valence-corrected chi connectivity index (χ2v) is 7.81. The Hall–Kier alpha value is -2.73. The summed E-state index contributed by atoms with van der Waals surface area (Å²) in [4.78, 5) is 29.6. The number of halogens is 1. The van der Waals surface area contributed by atoms with E-state index < -0.39 is 5.82 Å². The van der Waals surface area contributed by atoms with Crippen molar-refractivity contribution in [1.29, 1.82) is 0 Å². The SMILES string of the molecule is Cc1cccc(C[NH+]2CCN(C(=O)CN(C)C(=O)Cc3ccccc3F)CC2)c1. The molecule has 0 atom stereocenters. The molecule has 0 unspecified atom stereocenters. The minimum Gasteiger partial charge on any atom is -0.336 e. The minimum absolute atomic E-state index is 0.0283. The van der Waals surface area contributed by atoms with Gasteiger partial charge in [-0.3, -0.25) is 9.59 Å². The molecule has 1 saturated heterocycles. The van der Waals surface area contributed by atoms with Crippen molar-refractivity contribution in [3.63, 3.8) is 0 Å². The van der Waals surface area contributed by atoms with E-state index in [-0.39, 0.29) is 24.8 Å². The smallest absolute Gasteiger partial charge is 0.242 e. The number of likely N-dealkylation sites (N-methyl/N-ethyl adjacent to an activating group) is 1. The van der Waals surface area contributed by atoms with Gasteiger partial charge in [0.25, 0.3) is 0 Å². The maximum atomic E-state index is 13.7. The standard InChI is InChI=1S/C23H28FN3O2/c1-18-6-5-7-19(14-18)16-26-10-12-27(13-11-26)23(29)17-25(2)22(28)15-20-8-3-4-9-21(20)24/h3-9,14H,10-13,15-17H2,1-2H3/p+1. The number of benzene rings is 2. The molecule has 1 aliphatic heterocycles. The molecule has 29 heavy (non-hydrogen) atoms. The number of rotatable bonds is 6. The van der Waals surface area contributed by atoms with Crippen LogP contribution in [0.4, 0.5) is 4.39 Å². The molecule has 1 heterocycles. The molecule has 1 fully saturated rings. The van der Waals surface area contributed by atoms with Crippen molar-refractivity contribution < 1.29 is 18.9 Å². The van der Waals surface area contributed by atoms with E-state index in [1.165, 1.54) is 27.0 Å². The summed E-state index contributed by atoms with van der Waals surface area (Å²) in [6.45, 7) is 6.26. The zero-order chi connectivity index (χ0) is 20.8. The molecule has 2 amide bonds. The Morgan fingerprint density at radius 2 is 1.83 bits per heavy atom. The van der Waals surface area contributed by atoms with Crippen LogP contribution in [-0.4, -0.2) is 61.4 Å². The fourth-order valence-electron chi connectivity index (χ4n) is 3.69. The summed E-state index contributed by atoms with van der Waals surface area (Å²) in [5.41, 5.74) is 2.93. The highest BCUT2D eigenvalue weighted by Crippen LogP contribution is 2.08. The molecular formula is C23H29FN3O2+. The minimum atomic E-state index is -0.395. The lowest BCUT2D eigenvalue weighted by molar-refractivity contribution is -0.917. The van der Waals surface area contributed by atoms with E-state index in [1.54, 1.807) is 25.2 Å². The van der Waals surface area contributed by atoms with Crippen LogP contribution in [0.15, 0.2) is 48.5 Å². The number of carbonyl (C=O) groups is 2. The van der Waals surface area contributed by atoms with Gasteiger partial charge in [-0.1, -0.05) is 48.0 Å². The molecule has 2 aromatic carbocycles. The number of hydrogen-bond acceptors (Lipinski definition) is 2. The number of piperazine rings is 1. The molecule has 1 N–H and O–H groups in total. The Morgan fingerprint density at radius 3 is 2.52 bits per heavy atom. The fourth-order valence-corrected chi connectivity index (χ4v) is 3.69. The number of quaternary nitrogens is 1. The largest absolute Gasteiger partial charge is 0.336 e. The Bertz CT molecular complexity index is 863. The molecule has 0 bridgehead atoms. The first-order chi connectivity index (χ1) is 13.9. The molecule has 0 aliphatic carbocycles. The van der Waals surface area contributed by atoms with Gasteiger partial charge >= 0.3 is 0 Å². The van der Waals surface area contributed by atoms with E-state index in [0.29, 0.717) is 18.7 Å². The Kier molecular flexibility index (Phi) is 6.99. The maximum absolute atomic E-state index is 13.7. The lowest BCUT2D eigenvalue weighted by Crippen LogP contribution is -3.13. The third kappa shape index (κ3) is 5.87. The lowest BCUT2D eigenvalue weighted by atomic mass is 10.1. The van der Waals surface area contributed by atoms with Crippen molar-refractivity contribution >= 4 is 11.8 Å². The van der Waals surface area contributed by atoms with Crippen molar-refractivity contribution in [2.45, 2.75) is 19.9 Å². The topological polar surface area (TPSA) is 45.1 Å². The summed E-state index contributed by atoms with van der Waals surface area (Å²) < 4.78 is 13.7. The molecule has 2 aromatic rings. The summed E-state index contributed by atoms with van der Waals surface area (Å²) in [6, 6.07) is 14.8. The normalized spacial score (nSPS) is 14.7. The predicted octanol–water partition coefficient (Wildman–Crippen LogP) is 1.06. The highest BCUT2D eigenvalue weighted by Gasteiger charge is 2.25. The van der Waals surface area contributed by atoms with Crippen LogP contribution < -0.4 is 4.90 Å². The van der Waals surface area contributed by atoms with Crippen LogP contribution in [0.3, 0.4) is 0 Å². The molecule has 1 aliphatic rings. The monoisotopic (exact) mass is 398 g/mol. The van der Waals surface area contributed by atoms with Gasteiger partial charge in [0.15, 0.2) is 0 Å². The lowest BCUT2D eigenvalue weighted by Gasteiger charge is -2.33. The van der Waals surface area contributed by atoms with Crippen LogP contribution in [0, 0.1) is 12.7 Å². The third-order valence-corrected chi connectivity index (χ3v) is 5.46. The first-order valence-electron chi connectivity index (χ1n) is 10.1. The number of nitrogens with zero attached hydrogens (tertiary/aromatic N) is 2. The molecule has 154 valence electrons. The Balaban J connectivity index is 1.45. The van der Waals surface area contributed by atoms with Crippen molar-refractivity contribution in [2.75, 3.05) is 39.8 Å². The number of hydrogen-bond donors (Lipinski definition) is 1. The molecule has 5 nitrogen and oxygen atoms in total. The molecule has 3 rings (SSSR count). The van der Waals surface area contributed by atoms with Gasteiger partial charge in [0, 0.05) is 12.6 Å². The first-order valence-corrected chi connectivity index (χ1v) is 10.1. The highest BCUT2D eigenvalue weighted by atomic mass is 19.1. The van der Waals surface area contributed by atoms with Crippen LogP contribution in [0.25, 0.3) is 0 Å². The number of nitrogens with one attached hydrogen (secondary N) is 1. The maximum Gasteiger partial charge on any atom is 0.242 e. The summed E-state index contributed by atoms with van der Waals surface area (Å²) in [7, 11) is 1.60. The number of aryl methyl sites for hydroxylation is 1. The van der Waals surface area contributed by atoms with Crippen molar-refractivity contribution in [3.8, 4) is 0 Å². The predicted molar refractivity (Wildman–Crippen MR) is 110 cm³/mol. The summed E-state index contributed by atoms with van der Waals surface area (Å²) in [6.07, 6.45) is -0.0368. The summed E-state index contributed by atoms with van der Waals surface area (Å²) >= 11 is 0. The Labute approximate surface area is 171 Å². The third-order valence-electron chi connectivity index (χ3n) is 5.46. The summed E-state index contributed by atoms with van der Waals surface area (Å²) in [5.74, 6) is -0.704. The second kappa shape index (κ2) is 9.65. The van der Waals surface area contributed by atoms with E-state index in [4.69, 9.17) is 0 Å². The average molecular weight is 399 g/mol. The molecular weight excluding hydrogens is 369 g/mol. The van der Waals surface area contributed by atoms with Gasteiger partial charge in [0.2, 0.25) is 11.8 Å². The molecule has 0 radical (unpaired) electrons. The van der Waals surface area contributed by atoms with Gasteiger partial charge in [-0.05, 0) is 18.6 Å². The van der Waals surface area contributed by atoms with E-state index in [2.05, 4.69) is 31.2 Å². The van der Waals surface area contributed by atoms with Crippen LogP contribution in [0.1, 0.15) is 16.7 Å². The molecule has 0 aromatic heterocycles. The van der Waals surface area contributed by atoms with Crippen LogP contribution in [-0.2, 0) is 22.6 Å². The van der Waals surface area contributed by atoms with E-state index in [0.717, 1.165) is 19.6 Å². The average Bonchev–Trinajstić information content (AvgIpc) is 2.70. The fraction of sp³-hybridized carbons (Fsp3) is 0.391. The van der Waals surface area contributed by atoms with Gasteiger partial charge < -0.3 is 14.7 Å². The first kappa shape index (κ1) is 21.0. The number of amides is 2. The van der Waals surface area contributed by atoms with Crippen LogP contribution in [0.2, 0.25) is 0 Å². The zero-order valence-corrected chi connectivity index (χ0v) is 17.2. The van der Waals surface area contributed by atoms with Gasteiger partial charge in [-0.2, -0.15) is 0 Å². The molecule has 0 spiro atoms. The van der Waals surface area contributed by atoms with Crippen LogP contribution in [0.5, 0.6) is 0 Å². The zero-order valence-electron chi connectivity index (χ0n) is 17.2. The molecule has 0 saturated carbocycles. The van der Waals surface area contributed by atoms with E-state index in [1.807, 2.05) is 4.90 Å². The van der Waals surface area contributed by atoms with Gasteiger partial charge in [0.05, 0.1) is 39.1 Å². The van der Waals surface area contributed by atoms with E-state index in [9.17, 15) is 14.0 Å². The van der Waals surface area contributed by atoms with Crippen LogP contribution >= 0.6 is 0 Å². The quantitative estimate of drug-likeness (QED) is 0.791. The second-order valence-electron chi connectivity index (χ2n) is 7.81. The van der Waals surface area contributed by atoms with Gasteiger partial charge in [-0.25, -0.2) is 4.39 Å². The van der Waals surface area contributed by atoms with E-state index >= 15 is 0 Å². The van der Waals surface area contributed by atoms with Crippen molar-refractivity contribution in [2.24, 2.45) is 0 Å². The van der Waals surface area contributed by atoms with Gasteiger partial charge in [-0.15, -0.1) is 0 Å². The highest BCUT2D eigenvalue weighted by molar-refractivity contribution is 5.85.